The number of allylic oxidation sites excluding steroid dienone is 1. The lowest BCUT2D eigenvalue weighted by atomic mass is 9.82. The smallest absolute Gasteiger partial charge is 0.215 e. The zero-order chi connectivity index (χ0) is 8.06. The Bertz CT molecular complexity index is 228. The predicted octanol–water partition coefficient (Wildman–Crippen LogP) is 0.887. The van der Waals surface area contributed by atoms with Crippen LogP contribution in [0, 0.1) is 0 Å². The molecule has 0 atom stereocenters. The van der Waals surface area contributed by atoms with Crippen LogP contribution in [-0.4, -0.2) is 29.4 Å². The van der Waals surface area contributed by atoms with Crippen LogP contribution in [0.4, 0.5) is 4.39 Å². The zero-order valence-corrected chi connectivity index (χ0v) is 6.27. The molecule has 0 N–H and O–H groups in total. The molecule has 3 heteroatoms. The third kappa shape index (κ3) is 0.737. The van der Waals surface area contributed by atoms with Crippen molar-refractivity contribution in [1.29, 1.82) is 0 Å². The maximum atomic E-state index is 13.5. The monoisotopic (exact) mass is 155 g/mol. The Balaban J connectivity index is 2.37. The Hall–Kier alpha value is -0.860. The highest BCUT2D eigenvalue weighted by Gasteiger charge is 2.48. The molecular weight excluding hydrogens is 145 g/mol. The summed E-state index contributed by atoms with van der Waals surface area (Å²) < 4.78 is 13.5. The van der Waals surface area contributed by atoms with Crippen LogP contribution in [0.3, 0.4) is 0 Å². The summed E-state index contributed by atoms with van der Waals surface area (Å²) in [6, 6.07) is 0. The van der Waals surface area contributed by atoms with Crippen LogP contribution in [0.15, 0.2) is 12.3 Å². The molecule has 3 aliphatic rings. The molecule has 0 aromatic rings. The molecule has 2 bridgehead atoms. The molecule has 3 heterocycles. The van der Waals surface area contributed by atoms with Gasteiger partial charge in [-0.1, -0.05) is 6.58 Å². The number of hydrogen-bond donors (Lipinski definition) is 0. The third-order valence-electron chi connectivity index (χ3n) is 2.61. The van der Waals surface area contributed by atoms with Crippen molar-refractivity contribution in [1.82, 2.24) is 4.90 Å². The summed E-state index contributed by atoms with van der Waals surface area (Å²) in [5.74, 6) is -0.394. The van der Waals surface area contributed by atoms with E-state index in [2.05, 4.69) is 6.58 Å². The van der Waals surface area contributed by atoms with Crippen LogP contribution < -0.4 is 0 Å². The number of carbonyl (C=O) groups is 1. The number of nitrogens with zero attached hydrogens (tertiary/aromatic N) is 1. The average Bonchev–Trinajstić information content (AvgIpc) is 2.01. The molecule has 0 radical (unpaired) electrons. The second-order valence-corrected chi connectivity index (χ2v) is 3.23. The van der Waals surface area contributed by atoms with E-state index in [-0.39, 0.29) is 0 Å². The van der Waals surface area contributed by atoms with Crippen molar-refractivity contribution in [3.63, 3.8) is 0 Å². The molecule has 0 saturated carbocycles. The van der Waals surface area contributed by atoms with E-state index in [0.29, 0.717) is 31.6 Å². The molecule has 0 aromatic heterocycles. The van der Waals surface area contributed by atoms with Crippen LogP contribution in [0.25, 0.3) is 0 Å². The van der Waals surface area contributed by atoms with Gasteiger partial charge in [-0.05, 0) is 0 Å². The number of Topliss-reactive ketones (excluding diaryl/α,β-unsaturated/α-hetero) is 1. The van der Waals surface area contributed by atoms with Gasteiger partial charge in [0, 0.05) is 25.9 Å². The molecule has 0 amide bonds. The molecule has 60 valence electrons. The van der Waals surface area contributed by atoms with Gasteiger partial charge in [0.2, 0.25) is 5.78 Å². The lowest BCUT2D eigenvalue weighted by Crippen LogP contribution is -2.55. The largest absolute Gasteiger partial charge is 0.369 e. The van der Waals surface area contributed by atoms with E-state index in [0.717, 1.165) is 0 Å². The Kier molecular flexibility index (Phi) is 1.14. The summed E-state index contributed by atoms with van der Waals surface area (Å²) in [7, 11) is 0. The number of alkyl halides is 1. The normalized spacial score (nSPS) is 27.9. The Morgan fingerprint density at radius 3 is 2.36 bits per heavy atom. The summed E-state index contributed by atoms with van der Waals surface area (Å²) in [5.41, 5.74) is -1.20. The fraction of sp³-hybridized carbons (Fsp3) is 0.625. The SMILES string of the molecule is C=C1C(=O)C2(F)CCN1CC2. The lowest BCUT2D eigenvalue weighted by Gasteiger charge is -2.44. The summed E-state index contributed by atoms with van der Waals surface area (Å²) in [6.45, 7) is 4.87. The number of halogens is 1. The first-order valence-corrected chi connectivity index (χ1v) is 3.81. The lowest BCUT2D eigenvalue weighted by molar-refractivity contribution is -0.136. The third-order valence-corrected chi connectivity index (χ3v) is 2.61. The van der Waals surface area contributed by atoms with Crippen molar-refractivity contribution in [2.24, 2.45) is 0 Å². The van der Waals surface area contributed by atoms with Crippen molar-refractivity contribution in [3.8, 4) is 0 Å². The first-order valence-electron chi connectivity index (χ1n) is 3.81. The second-order valence-electron chi connectivity index (χ2n) is 3.23. The number of piperidine rings is 3. The van der Waals surface area contributed by atoms with Crippen molar-refractivity contribution in [2.45, 2.75) is 18.5 Å². The van der Waals surface area contributed by atoms with E-state index in [1.165, 1.54) is 0 Å². The molecule has 3 saturated heterocycles. The van der Waals surface area contributed by atoms with Gasteiger partial charge in [0.1, 0.15) is 0 Å². The maximum Gasteiger partial charge on any atom is 0.215 e. The molecule has 2 nitrogen and oxygen atoms in total. The molecule has 0 spiro atoms. The van der Waals surface area contributed by atoms with E-state index in [9.17, 15) is 9.18 Å². The molecule has 0 aromatic carbocycles. The zero-order valence-electron chi connectivity index (χ0n) is 6.27. The van der Waals surface area contributed by atoms with Crippen LogP contribution in [0.2, 0.25) is 0 Å². The Morgan fingerprint density at radius 2 is 2.00 bits per heavy atom. The van der Waals surface area contributed by atoms with Crippen molar-refractivity contribution < 1.29 is 9.18 Å². The summed E-state index contributed by atoms with van der Waals surface area (Å²) >= 11 is 0. The van der Waals surface area contributed by atoms with Crippen molar-refractivity contribution in [3.05, 3.63) is 12.3 Å². The average molecular weight is 155 g/mol. The molecular formula is C8H10FNO. The highest BCUT2D eigenvalue weighted by Crippen LogP contribution is 2.37. The van der Waals surface area contributed by atoms with Crippen LogP contribution in [0.5, 0.6) is 0 Å². The van der Waals surface area contributed by atoms with Crippen molar-refractivity contribution >= 4 is 5.78 Å². The molecule has 3 fully saturated rings. The summed E-state index contributed by atoms with van der Waals surface area (Å²) in [5, 5.41) is 0. The molecule has 3 aliphatic heterocycles. The minimum atomic E-state index is -1.56. The number of carbonyl (C=O) groups excluding carboxylic acids is 1. The first kappa shape index (κ1) is 6.83. The Labute approximate surface area is 64.7 Å². The number of ketones is 1. The van der Waals surface area contributed by atoms with Crippen molar-refractivity contribution in [2.75, 3.05) is 13.1 Å². The molecule has 3 rings (SSSR count). The minimum absolute atomic E-state index is 0.352. The topological polar surface area (TPSA) is 20.3 Å². The fourth-order valence-electron chi connectivity index (χ4n) is 1.76. The van der Waals surface area contributed by atoms with Crippen LogP contribution in [-0.2, 0) is 4.79 Å². The standard InChI is InChI=1S/C8H10FNO/c1-6-7(11)8(9)2-4-10(6)5-3-8/h1-5H2. The fourth-order valence-corrected chi connectivity index (χ4v) is 1.76. The van der Waals surface area contributed by atoms with Gasteiger partial charge in [-0.15, -0.1) is 0 Å². The summed E-state index contributed by atoms with van der Waals surface area (Å²) in [4.78, 5) is 13.1. The van der Waals surface area contributed by atoms with E-state index in [1.54, 1.807) is 0 Å². The minimum Gasteiger partial charge on any atom is -0.369 e. The summed E-state index contributed by atoms with van der Waals surface area (Å²) in [6.07, 6.45) is 0.704. The maximum absolute atomic E-state index is 13.5. The Morgan fingerprint density at radius 1 is 1.45 bits per heavy atom. The van der Waals surface area contributed by atoms with Gasteiger partial charge < -0.3 is 4.90 Å². The van der Waals surface area contributed by atoms with Gasteiger partial charge in [0.15, 0.2) is 5.67 Å². The van der Waals surface area contributed by atoms with E-state index in [1.807, 2.05) is 4.90 Å². The van der Waals surface area contributed by atoms with Crippen LogP contribution >= 0.6 is 0 Å². The van der Waals surface area contributed by atoms with Gasteiger partial charge in [-0.3, -0.25) is 4.79 Å². The number of fused-ring (bicyclic) bond motifs is 3. The quantitative estimate of drug-likeness (QED) is 0.484. The van der Waals surface area contributed by atoms with Crippen LogP contribution in [0.1, 0.15) is 12.8 Å². The van der Waals surface area contributed by atoms with Gasteiger partial charge in [-0.2, -0.15) is 0 Å². The molecule has 11 heavy (non-hydrogen) atoms. The number of hydrogen-bond acceptors (Lipinski definition) is 2. The van der Waals surface area contributed by atoms with E-state index >= 15 is 0 Å². The molecule has 0 unspecified atom stereocenters. The highest BCUT2D eigenvalue weighted by molar-refractivity contribution is 6.02. The van der Waals surface area contributed by atoms with Gasteiger partial charge in [0.05, 0.1) is 5.70 Å². The second kappa shape index (κ2) is 1.84. The van der Waals surface area contributed by atoms with Gasteiger partial charge in [-0.25, -0.2) is 4.39 Å². The predicted molar refractivity (Wildman–Crippen MR) is 38.8 cm³/mol. The first-order chi connectivity index (χ1) is 5.13. The van der Waals surface area contributed by atoms with Gasteiger partial charge >= 0.3 is 0 Å². The highest BCUT2D eigenvalue weighted by atomic mass is 19.1. The van der Waals surface area contributed by atoms with Gasteiger partial charge in [0.25, 0.3) is 0 Å². The van der Waals surface area contributed by atoms with E-state index < -0.39 is 11.5 Å². The van der Waals surface area contributed by atoms with E-state index in [4.69, 9.17) is 0 Å². The molecule has 0 aliphatic carbocycles. The number of rotatable bonds is 0.